The Bertz CT molecular complexity index is 391. The van der Waals surface area contributed by atoms with E-state index in [1.165, 1.54) is 12.1 Å². The third kappa shape index (κ3) is 3.82. The first-order valence-electron chi connectivity index (χ1n) is 4.82. The van der Waals surface area contributed by atoms with Gasteiger partial charge in [0.1, 0.15) is 5.82 Å². The number of halogens is 1. The molecule has 0 bridgehead atoms. The number of allylic oxidation sites excluding steroid dienone is 1. The van der Waals surface area contributed by atoms with E-state index in [9.17, 15) is 4.39 Å². The fourth-order valence-electron chi connectivity index (χ4n) is 1.22. The Kier molecular flexibility index (Phi) is 4.36. The summed E-state index contributed by atoms with van der Waals surface area (Å²) < 4.78 is 13.0. The second-order valence-electron chi connectivity index (χ2n) is 3.12. The zero-order chi connectivity index (χ0) is 11.1. The smallest absolute Gasteiger partial charge is 0.126 e. The highest BCUT2D eigenvalue weighted by molar-refractivity contribution is 5.49. The van der Waals surface area contributed by atoms with Gasteiger partial charge in [0.2, 0.25) is 0 Å². The fraction of sp³-hybridized carbons (Fsp3) is 0.250. The summed E-state index contributed by atoms with van der Waals surface area (Å²) >= 11 is 0. The molecular formula is C12H13FN2. The highest BCUT2D eigenvalue weighted by Gasteiger charge is 1.98. The van der Waals surface area contributed by atoms with Crippen LogP contribution in [0.25, 0.3) is 0 Å². The summed E-state index contributed by atoms with van der Waals surface area (Å²) in [5, 5.41) is 11.7. The van der Waals surface area contributed by atoms with E-state index in [1.54, 1.807) is 6.07 Å². The van der Waals surface area contributed by atoms with Crippen LogP contribution in [0, 0.1) is 17.1 Å². The molecule has 0 amide bonds. The molecule has 15 heavy (non-hydrogen) atoms. The van der Waals surface area contributed by atoms with Crippen molar-refractivity contribution in [2.45, 2.75) is 13.3 Å². The van der Waals surface area contributed by atoms with E-state index >= 15 is 0 Å². The van der Waals surface area contributed by atoms with Crippen LogP contribution in [0.5, 0.6) is 0 Å². The van der Waals surface area contributed by atoms with Gasteiger partial charge < -0.3 is 5.32 Å². The van der Waals surface area contributed by atoms with Crippen LogP contribution in [-0.2, 0) is 0 Å². The SMILES string of the molecule is C/C=C/CCNc1cc(F)cc(C#N)c1. The number of nitrogens with one attached hydrogen (secondary N) is 1. The van der Waals surface area contributed by atoms with Crippen LogP contribution in [0.1, 0.15) is 18.9 Å². The van der Waals surface area contributed by atoms with Crippen molar-refractivity contribution in [3.05, 3.63) is 41.7 Å². The summed E-state index contributed by atoms with van der Waals surface area (Å²) in [6.07, 6.45) is 4.88. The largest absolute Gasteiger partial charge is 0.385 e. The van der Waals surface area contributed by atoms with Crippen LogP contribution in [0.3, 0.4) is 0 Å². The lowest BCUT2D eigenvalue weighted by Crippen LogP contribution is -2.00. The van der Waals surface area contributed by atoms with Crippen molar-refractivity contribution in [2.24, 2.45) is 0 Å². The lowest BCUT2D eigenvalue weighted by molar-refractivity contribution is 0.627. The molecule has 0 spiro atoms. The van der Waals surface area contributed by atoms with Gasteiger partial charge >= 0.3 is 0 Å². The zero-order valence-electron chi connectivity index (χ0n) is 8.63. The Labute approximate surface area is 89.0 Å². The molecule has 0 heterocycles. The summed E-state index contributed by atoms with van der Waals surface area (Å²) in [5.74, 6) is -0.386. The molecule has 0 aliphatic carbocycles. The van der Waals surface area contributed by atoms with Crippen molar-refractivity contribution in [3.63, 3.8) is 0 Å². The average Bonchev–Trinajstić information content (AvgIpc) is 2.23. The van der Waals surface area contributed by atoms with E-state index in [1.807, 2.05) is 25.1 Å². The van der Waals surface area contributed by atoms with Crippen molar-refractivity contribution >= 4 is 5.69 Å². The first-order valence-corrected chi connectivity index (χ1v) is 4.82. The molecule has 1 aromatic carbocycles. The molecule has 0 saturated heterocycles. The van der Waals surface area contributed by atoms with Crippen molar-refractivity contribution in [1.29, 1.82) is 5.26 Å². The van der Waals surface area contributed by atoms with Gasteiger partial charge in [0, 0.05) is 12.2 Å². The Morgan fingerprint density at radius 3 is 2.93 bits per heavy atom. The van der Waals surface area contributed by atoms with E-state index in [0.29, 0.717) is 11.3 Å². The van der Waals surface area contributed by atoms with Crippen molar-refractivity contribution in [2.75, 3.05) is 11.9 Å². The Morgan fingerprint density at radius 1 is 1.47 bits per heavy atom. The quantitative estimate of drug-likeness (QED) is 0.604. The molecule has 0 radical (unpaired) electrons. The lowest BCUT2D eigenvalue weighted by Gasteiger charge is -2.04. The number of nitriles is 1. The summed E-state index contributed by atoms with van der Waals surface area (Å²) in [6.45, 7) is 2.69. The van der Waals surface area contributed by atoms with E-state index in [2.05, 4.69) is 5.32 Å². The monoisotopic (exact) mass is 204 g/mol. The van der Waals surface area contributed by atoms with Gasteiger partial charge in [0.15, 0.2) is 0 Å². The minimum Gasteiger partial charge on any atom is -0.385 e. The van der Waals surface area contributed by atoms with Crippen LogP contribution in [-0.4, -0.2) is 6.54 Å². The number of hydrogen-bond acceptors (Lipinski definition) is 2. The normalized spacial score (nSPS) is 10.2. The highest BCUT2D eigenvalue weighted by atomic mass is 19.1. The summed E-state index contributed by atoms with van der Waals surface area (Å²) in [5.41, 5.74) is 0.986. The van der Waals surface area contributed by atoms with E-state index in [-0.39, 0.29) is 5.82 Å². The van der Waals surface area contributed by atoms with Crippen molar-refractivity contribution in [1.82, 2.24) is 0 Å². The first-order chi connectivity index (χ1) is 7.26. The summed E-state index contributed by atoms with van der Waals surface area (Å²) in [4.78, 5) is 0. The van der Waals surface area contributed by atoms with Gasteiger partial charge in [-0.25, -0.2) is 4.39 Å². The number of benzene rings is 1. The topological polar surface area (TPSA) is 35.8 Å². The molecule has 1 aromatic rings. The molecule has 1 N–H and O–H groups in total. The number of anilines is 1. The first kappa shape index (κ1) is 11.3. The summed E-state index contributed by atoms with van der Waals surface area (Å²) in [7, 11) is 0. The Balaban J connectivity index is 2.61. The molecule has 0 aromatic heterocycles. The van der Waals surface area contributed by atoms with Gasteiger partial charge in [0.05, 0.1) is 11.6 Å². The van der Waals surface area contributed by atoms with Crippen LogP contribution in [0.2, 0.25) is 0 Å². The van der Waals surface area contributed by atoms with Gasteiger partial charge in [-0.15, -0.1) is 0 Å². The maximum absolute atomic E-state index is 13.0. The van der Waals surface area contributed by atoms with E-state index in [4.69, 9.17) is 5.26 Å². The zero-order valence-corrected chi connectivity index (χ0v) is 8.63. The highest BCUT2D eigenvalue weighted by Crippen LogP contribution is 2.13. The van der Waals surface area contributed by atoms with Gasteiger partial charge in [-0.1, -0.05) is 12.2 Å². The fourth-order valence-corrected chi connectivity index (χ4v) is 1.22. The van der Waals surface area contributed by atoms with Crippen LogP contribution in [0.15, 0.2) is 30.4 Å². The van der Waals surface area contributed by atoms with Crippen molar-refractivity contribution in [3.8, 4) is 6.07 Å². The predicted molar refractivity (Wildman–Crippen MR) is 59.0 cm³/mol. The Morgan fingerprint density at radius 2 is 2.27 bits per heavy atom. The van der Waals surface area contributed by atoms with E-state index in [0.717, 1.165) is 13.0 Å². The van der Waals surface area contributed by atoms with Crippen LogP contribution in [0.4, 0.5) is 10.1 Å². The van der Waals surface area contributed by atoms with Crippen LogP contribution < -0.4 is 5.32 Å². The number of hydrogen-bond donors (Lipinski definition) is 1. The molecule has 0 saturated carbocycles. The predicted octanol–water partition coefficient (Wildman–Crippen LogP) is 3.08. The molecule has 78 valence electrons. The molecule has 2 nitrogen and oxygen atoms in total. The lowest BCUT2D eigenvalue weighted by atomic mass is 10.2. The second-order valence-corrected chi connectivity index (χ2v) is 3.12. The number of nitrogens with zero attached hydrogens (tertiary/aromatic N) is 1. The van der Waals surface area contributed by atoms with Gasteiger partial charge in [-0.2, -0.15) is 5.26 Å². The number of rotatable bonds is 4. The molecular weight excluding hydrogens is 191 g/mol. The minimum atomic E-state index is -0.386. The van der Waals surface area contributed by atoms with E-state index < -0.39 is 0 Å². The average molecular weight is 204 g/mol. The molecule has 0 fully saturated rings. The molecule has 1 rings (SSSR count). The maximum atomic E-state index is 13.0. The third-order valence-corrected chi connectivity index (χ3v) is 1.90. The van der Waals surface area contributed by atoms with Gasteiger partial charge in [-0.05, 0) is 31.5 Å². The van der Waals surface area contributed by atoms with Crippen molar-refractivity contribution < 1.29 is 4.39 Å². The molecule has 0 unspecified atom stereocenters. The summed E-state index contributed by atoms with van der Waals surface area (Å²) in [6, 6.07) is 6.16. The van der Waals surface area contributed by atoms with Crippen LogP contribution >= 0.6 is 0 Å². The second kappa shape index (κ2) is 5.82. The maximum Gasteiger partial charge on any atom is 0.126 e. The standard InChI is InChI=1S/C12H13FN2/c1-2-3-4-5-15-12-7-10(9-14)6-11(13)8-12/h2-3,6-8,15H,4-5H2,1H3/b3-2+. The van der Waals surface area contributed by atoms with Gasteiger partial charge in [0.25, 0.3) is 0 Å². The van der Waals surface area contributed by atoms with Gasteiger partial charge in [-0.3, -0.25) is 0 Å². The molecule has 0 aliphatic heterocycles. The Hall–Kier alpha value is -1.82. The minimum absolute atomic E-state index is 0.337. The molecule has 3 heteroatoms. The molecule has 0 aliphatic rings. The third-order valence-electron chi connectivity index (χ3n) is 1.90. The molecule has 0 atom stereocenters.